The van der Waals surface area contributed by atoms with Gasteiger partial charge < -0.3 is 5.32 Å². The third-order valence-electron chi connectivity index (χ3n) is 2.13. The summed E-state index contributed by atoms with van der Waals surface area (Å²) in [5.41, 5.74) is -0.0823. The smallest absolute Gasteiger partial charge is 0.145 e. The Morgan fingerprint density at radius 2 is 2.31 bits per heavy atom. The monoisotopic (exact) mass is 349 g/mol. The van der Waals surface area contributed by atoms with Crippen molar-refractivity contribution in [3.05, 3.63) is 20.9 Å². The van der Waals surface area contributed by atoms with E-state index in [0.717, 1.165) is 3.57 Å². The third-order valence-corrected chi connectivity index (χ3v) is 3.73. The molecule has 0 aromatic carbocycles. The largest absolute Gasteiger partial charge is 0.368 e. The molecule has 1 rings (SSSR count). The van der Waals surface area contributed by atoms with Gasteiger partial charge in [-0.1, -0.05) is 25.4 Å². The fraction of sp³-hybridized carbons (Fsp3) is 0.455. The molecule has 1 aromatic rings. The van der Waals surface area contributed by atoms with Gasteiger partial charge in [-0.25, -0.2) is 4.98 Å². The third kappa shape index (κ3) is 3.80. The molecule has 1 aromatic heterocycles. The van der Waals surface area contributed by atoms with Gasteiger partial charge in [0, 0.05) is 22.7 Å². The van der Waals surface area contributed by atoms with E-state index in [4.69, 9.17) is 16.9 Å². The number of aromatic nitrogens is 1. The molecule has 0 spiro atoms. The van der Waals surface area contributed by atoms with Crippen molar-refractivity contribution in [1.29, 1.82) is 5.26 Å². The molecule has 0 amide bonds. The van der Waals surface area contributed by atoms with Crippen molar-refractivity contribution in [1.82, 2.24) is 4.98 Å². The number of nitrogens with zero attached hydrogens (tertiary/aromatic N) is 2. The molecular weight excluding hydrogens is 336 g/mol. The molecule has 1 N–H and O–H groups in total. The van der Waals surface area contributed by atoms with Crippen LogP contribution in [0, 0.1) is 20.3 Å². The molecule has 16 heavy (non-hydrogen) atoms. The molecule has 0 aliphatic carbocycles. The zero-order valence-electron chi connectivity index (χ0n) is 9.22. The van der Waals surface area contributed by atoms with E-state index in [0.29, 0.717) is 23.8 Å². The summed E-state index contributed by atoms with van der Waals surface area (Å²) < 4.78 is 0.967. The highest BCUT2D eigenvalue weighted by Gasteiger charge is 2.18. The quantitative estimate of drug-likeness (QED) is 0.843. The minimum absolute atomic E-state index is 0.0823. The van der Waals surface area contributed by atoms with Crippen LogP contribution in [0.3, 0.4) is 0 Å². The lowest BCUT2D eigenvalue weighted by Crippen LogP contribution is -2.23. The van der Waals surface area contributed by atoms with Crippen molar-refractivity contribution >= 4 is 40.0 Å². The molecule has 0 radical (unpaired) electrons. The Bertz CT molecular complexity index is 412. The average Bonchev–Trinajstić information content (AvgIpc) is 2.20. The van der Waals surface area contributed by atoms with E-state index < -0.39 is 0 Å². The predicted octanol–water partition coefficient (Wildman–Crippen LogP) is 3.69. The van der Waals surface area contributed by atoms with E-state index in [1.807, 2.05) is 19.9 Å². The van der Waals surface area contributed by atoms with E-state index in [-0.39, 0.29) is 5.41 Å². The number of anilines is 1. The average molecular weight is 350 g/mol. The Morgan fingerprint density at radius 3 is 2.94 bits per heavy atom. The number of nitrogens with one attached hydrogen (secondary N) is 1. The second kappa shape index (κ2) is 5.69. The lowest BCUT2D eigenvalue weighted by atomic mass is 9.90. The first-order chi connectivity index (χ1) is 7.46. The first-order valence-electron chi connectivity index (χ1n) is 4.87. The molecule has 86 valence electrons. The van der Waals surface area contributed by atoms with E-state index >= 15 is 0 Å². The van der Waals surface area contributed by atoms with Crippen LogP contribution in [-0.2, 0) is 0 Å². The maximum absolute atomic E-state index is 8.68. The number of hydrogen-bond acceptors (Lipinski definition) is 3. The van der Waals surface area contributed by atoms with Crippen LogP contribution in [0.2, 0.25) is 5.02 Å². The highest BCUT2D eigenvalue weighted by atomic mass is 127. The van der Waals surface area contributed by atoms with Crippen molar-refractivity contribution in [2.24, 2.45) is 5.41 Å². The fourth-order valence-corrected chi connectivity index (χ4v) is 1.74. The Morgan fingerprint density at radius 1 is 1.62 bits per heavy atom. The van der Waals surface area contributed by atoms with Crippen LogP contribution in [0.25, 0.3) is 0 Å². The molecular formula is C11H13ClIN3. The van der Waals surface area contributed by atoms with Crippen LogP contribution >= 0.6 is 34.2 Å². The molecule has 0 aliphatic heterocycles. The van der Waals surface area contributed by atoms with Gasteiger partial charge in [0.1, 0.15) is 5.82 Å². The van der Waals surface area contributed by atoms with Gasteiger partial charge in [0.25, 0.3) is 0 Å². The Hall–Kier alpha value is -0.540. The lowest BCUT2D eigenvalue weighted by molar-refractivity contribution is 0.402. The van der Waals surface area contributed by atoms with Gasteiger partial charge >= 0.3 is 0 Å². The van der Waals surface area contributed by atoms with Crippen LogP contribution < -0.4 is 5.32 Å². The van der Waals surface area contributed by atoms with E-state index in [1.165, 1.54) is 0 Å². The van der Waals surface area contributed by atoms with Gasteiger partial charge in [-0.05, 0) is 34.1 Å². The van der Waals surface area contributed by atoms with E-state index in [2.05, 4.69) is 39.0 Å². The molecule has 0 aliphatic rings. The second-order valence-electron chi connectivity index (χ2n) is 4.31. The van der Waals surface area contributed by atoms with E-state index in [1.54, 1.807) is 6.20 Å². The molecule has 0 atom stereocenters. The maximum Gasteiger partial charge on any atom is 0.145 e. The van der Waals surface area contributed by atoms with Crippen molar-refractivity contribution in [2.75, 3.05) is 11.9 Å². The standard InChI is InChI=1S/C11H13ClIN3/c1-11(2,4-5-14)7-16-10-9(12)8(13)3-6-15-10/h3,6H,4,7H2,1-2H3,(H,15,16). The molecule has 1 heterocycles. The van der Waals surface area contributed by atoms with Gasteiger partial charge in [0.15, 0.2) is 0 Å². The first kappa shape index (κ1) is 13.5. The highest BCUT2D eigenvalue weighted by Crippen LogP contribution is 2.26. The van der Waals surface area contributed by atoms with Crippen molar-refractivity contribution in [2.45, 2.75) is 20.3 Å². The second-order valence-corrected chi connectivity index (χ2v) is 5.85. The topological polar surface area (TPSA) is 48.7 Å². The van der Waals surface area contributed by atoms with Gasteiger partial charge in [0.2, 0.25) is 0 Å². The van der Waals surface area contributed by atoms with Crippen molar-refractivity contribution in [3.63, 3.8) is 0 Å². The Kier molecular flexibility index (Phi) is 4.81. The molecule has 0 saturated heterocycles. The minimum atomic E-state index is -0.0823. The summed E-state index contributed by atoms with van der Waals surface area (Å²) in [6.07, 6.45) is 2.22. The van der Waals surface area contributed by atoms with Gasteiger partial charge in [0.05, 0.1) is 11.1 Å². The minimum Gasteiger partial charge on any atom is -0.368 e. The highest BCUT2D eigenvalue weighted by molar-refractivity contribution is 14.1. The summed E-state index contributed by atoms with van der Waals surface area (Å²) in [7, 11) is 0. The normalized spacial score (nSPS) is 10.9. The van der Waals surface area contributed by atoms with Gasteiger partial charge in [-0.15, -0.1) is 0 Å². The summed E-state index contributed by atoms with van der Waals surface area (Å²) in [5.74, 6) is 0.680. The Balaban J connectivity index is 2.69. The van der Waals surface area contributed by atoms with Crippen LogP contribution in [0.5, 0.6) is 0 Å². The first-order valence-corrected chi connectivity index (χ1v) is 6.33. The predicted molar refractivity (Wildman–Crippen MR) is 74.5 cm³/mol. The molecule has 5 heteroatoms. The number of pyridine rings is 1. The summed E-state index contributed by atoms with van der Waals surface area (Å²) in [4.78, 5) is 4.17. The maximum atomic E-state index is 8.68. The fourth-order valence-electron chi connectivity index (χ4n) is 1.14. The van der Waals surface area contributed by atoms with Crippen LogP contribution in [0.4, 0.5) is 5.82 Å². The van der Waals surface area contributed by atoms with Crippen molar-refractivity contribution in [3.8, 4) is 6.07 Å². The van der Waals surface area contributed by atoms with Gasteiger partial charge in [-0.2, -0.15) is 5.26 Å². The number of hydrogen-bond donors (Lipinski definition) is 1. The lowest BCUT2D eigenvalue weighted by Gasteiger charge is -2.22. The zero-order valence-corrected chi connectivity index (χ0v) is 12.1. The molecule has 3 nitrogen and oxygen atoms in total. The summed E-state index contributed by atoms with van der Waals surface area (Å²) in [6.45, 7) is 4.74. The van der Waals surface area contributed by atoms with Crippen LogP contribution in [-0.4, -0.2) is 11.5 Å². The van der Waals surface area contributed by atoms with E-state index in [9.17, 15) is 0 Å². The van der Waals surface area contributed by atoms with Crippen LogP contribution in [0.15, 0.2) is 12.3 Å². The molecule has 0 unspecified atom stereocenters. The number of nitriles is 1. The summed E-state index contributed by atoms with van der Waals surface area (Å²) in [6, 6.07) is 4.03. The number of halogens is 2. The summed E-state index contributed by atoms with van der Waals surface area (Å²) >= 11 is 8.26. The molecule has 0 bridgehead atoms. The summed E-state index contributed by atoms with van der Waals surface area (Å²) in [5, 5.41) is 12.5. The zero-order chi connectivity index (χ0) is 12.2. The molecule has 0 saturated carbocycles. The SMILES string of the molecule is CC(C)(CC#N)CNc1nccc(I)c1Cl. The van der Waals surface area contributed by atoms with Gasteiger partial charge in [-0.3, -0.25) is 0 Å². The van der Waals surface area contributed by atoms with Crippen molar-refractivity contribution < 1.29 is 0 Å². The Labute approximate surface area is 114 Å². The van der Waals surface area contributed by atoms with Crippen LogP contribution in [0.1, 0.15) is 20.3 Å². The number of rotatable bonds is 4. The molecule has 0 fully saturated rings.